The number of carbonyl (C=O) groups excluding carboxylic acids is 6. The van der Waals surface area contributed by atoms with Crippen molar-refractivity contribution >= 4 is 41.4 Å². The first-order chi connectivity index (χ1) is 21.0. The summed E-state index contributed by atoms with van der Waals surface area (Å²) in [5, 5.41) is 15.4. The number of hydrogen-bond acceptors (Lipinski definition) is 10. The lowest BCUT2D eigenvalue weighted by Gasteiger charge is -2.24. The van der Waals surface area contributed by atoms with Crippen molar-refractivity contribution < 1.29 is 33.5 Å². The molecule has 44 heavy (non-hydrogen) atoms. The van der Waals surface area contributed by atoms with E-state index >= 15 is 0 Å². The Kier molecular flexibility index (Phi) is 18.7. The Labute approximate surface area is 256 Å². The minimum absolute atomic E-state index is 0.0282. The molecule has 1 heterocycles. The van der Waals surface area contributed by atoms with E-state index in [1.54, 1.807) is 0 Å². The molecule has 0 saturated carbocycles. The van der Waals surface area contributed by atoms with Gasteiger partial charge in [-0.25, -0.2) is 4.99 Å². The highest BCUT2D eigenvalue weighted by Gasteiger charge is 2.28. The highest BCUT2D eigenvalue weighted by Crippen LogP contribution is 2.06. The number of carbonyl (C=O) groups is 6. The van der Waals surface area contributed by atoms with E-state index < -0.39 is 66.2 Å². The van der Waals surface area contributed by atoms with Crippen LogP contribution in [-0.4, -0.2) is 105 Å². The third-order valence-corrected chi connectivity index (χ3v) is 6.52. The van der Waals surface area contributed by atoms with Crippen molar-refractivity contribution in [3.8, 4) is 0 Å². The molecule has 0 aliphatic carbocycles. The largest absolute Gasteiger partial charge is 0.370 e. The summed E-state index contributed by atoms with van der Waals surface area (Å²) in [7, 11) is 0. The average molecular weight is 628 g/mol. The van der Waals surface area contributed by atoms with Crippen molar-refractivity contribution in [3.05, 3.63) is 0 Å². The van der Waals surface area contributed by atoms with Crippen LogP contribution in [0.4, 0.5) is 0 Å². The summed E-state index contributed by atoms with van der Waals surface area (Å²) in [6, 6.07) is -4.01. The van der Waals surface area contributed by atoms with Crippen molar-refractivity contribution in [1.82, 2.24) is 31.9 Å². The summed E-state index contributed by atoms with van der Waals surface area (Å²) in [6.07, 6.45) is 2.74. The quantitative estimate of drug-likeness (QED) is 0.0659. The fourth-order valence-corrected chi connectivity index (χ4v) is 4.08. The Bertz CT molecular complexity index is 991. The number of nitrogens with one attached hydrogen (secondary N) is 6. The molecule has 0 unspecified atom stereocenters. The number of nitrogens with zero attached hydrogens (tertiary/aromatic N) is 1. The molecule has 0 aromatic rings. The Balaban J connectivity index is 3.13. The van der Waals surface area contributed by atoms with Gasteiger partial charge in [0.05, 0.1) is 13.2 Å². The first-order valence-corrected chi connectivity index (χ1v) is 14.8. The molecule has 1 aliphatic heterocycles. The van der Waals surface area contributed by atoms with Crippen molar-refractivity contribution in [2.75, 3.05) is 39.5 Å². The summed E-state index contributed by atoms with van der Waals surface area (Å²) in [4.78, 5) is 80.1. The maximum atomic E-state index is 13.3. The van der Waals surface area contributed by atoms with E-state index in [2.05, 4.69) is 36.9 Å². The van der Waals surface area contributed by atoms with Gasteiger partial charge in [-0.2, -0.15) is 0 Å². The highest BCUT2D eigenvalue weighted by atomic mass is 16.5. The molecule has 1 rings (SSSR count). The average Bonchev–Trinajstić information content (AvgIpc) is 2.97. The predicted molar refractivity (Wildman–Crippen MR) is 161 cm³/mol. The zero-order valence-electron chi connectivity index (χ0n) is 25.3. The van der Waals surface area contributed by atoms with Crippen LogP contribution in [0.1, 0.15) is 58.3 Å². The number of rotatable bonds is 9. The van der Waals surface area contributed by atoms with E-state index in [1.807, 2.05) is 0 Å². The van der Waals surface area contributed by atoms with E-state index in [9.17, 15) is 28.8 Å². The lowest BCUT2D eigenvalue weighted by Crippen LogP contribution is -2.56. The summed E-state index contributed by atoms with van der Waals surface area (Å²) in [5.41, 5.74) is 22.1. The fraction of sp³-hybridized carbons (Fsp3) is 0.731. The normalized spacial score (nSPS) is 24.1. The summed E-state index contributed by atoms with van der Waals surface area (Å²) < 4.78 is 5.45. The summed E-state index contributed by atoms with van der Waals surface area (Å²) >= 11 is 0. The van der Waals surface area contributed by atoms with E-state index in [0.717, 1.165) is 0 Å². The number of unbranched alkanes of at least 4 members (excludes halogenated alkanes) is 2. The first kappa shape index (κ1) is 38.0. The van der Waals surface area contributed by atoms with Gasteiger partial charge in [-0.05, 0) is 58.5 Å². The molecule has 1 saturated heterocycles. The summed E-state index contributed by atoms with van der Waals surface area (Å²) in [6.45, 7) is 1.52. The van der Waals surface area contributed by atoms with Gasteiger partial charge >= 0.3 is 0 Å². The van der Waals surface area contributed by atoms with Gasteiger partial charge in [-0.3, -0.25) is 28.8 Å². The zero-order chi connectivity index (χ0) is 32.9. The van der Waals surface area contributed by atoms with Gasteiger partial charge in [0.25, 0.3) is 0 Å². The van der Waals surface area contributed by atoms with Crippen LogP contribution in [-0.2, 0) is 33.5 Å². The van der Waals surface area contributed by atoms with Crippen molar-refractivity contribution in [2.24, 2.45) is 27.9 Å². The maximum absolute atomic E-state index is 13.3. The van der Waals surface area contributed by atoms with Crippen LogP contribution >= 0.6 is 0 Å². The van der Waals surface area contributed by atoms with Gasteiger partial charge in [0, 0.05) is 19.4 Å². The van der Waals surface area contributed by atoms with Crippen LogP contribution < -0.4 is 54.8 Å². The number of ether oxygens (including phenoxy) is 1. The number of aliphatic imine (C=N–C) groups is 1. The fourth-order valence-electron chi connectivity index (χ4n) is 4.08. The zero-order valence-corrected chi connectivity index (χ0v) is 25.3. The SMILES string of the molecule is C[C@@H]1NC(=O)CCNC(=O)CNC(=O)[C@H](N=C(N)N)CCOCNC(=O)[C@H](CCCCN)NC(=O)[C@H](CCCCN)NC1=O. The van der Waals surface area contributed by atoms with Gasteiger partial charge in [-0.15, -0.1) is 0 Å². The van der Waals surface area contributed by atoms with Crippen LogP contribution in [0.5, 0.6) is 0 Å². The molecule has 6 amide bonds. The minimum atomic E-state index is -1.07. The second kappa shape index (κ2) is 21.6. The molecule has 0 radical (unpaired) electrons. The van der Waals surface area contributed by atoms with Crippen molar-refractivity contribution in [2.45, 2.75) is 82.5 Å². The van der Waals surface area contributed by atoms with Crippen molar-refractivity contribution in [1.29, 1.82) is 0 Å². The third kappa shape index (κ3) is 16.0. The third-order valence-electron chi connectivity index (χ3n) is 6.52. The monoisotopic (exact) mass is 627 g/mol. The lowest BCUT2D eigenvalue weighted by atomic mass is 10.0. The molecule has 18 nitrogen and oxygen atoms in total. The lowest BCUT2D eigenvalue weighted by molar-refractivity contribution is -0.134. The number of nitrogens with two attached hydrogens (primary N) is 4. The Hall–Kier alpha value is -4.03. The Morgan fingerprint density at radius 3 is 2.00 bits per heavy atom. The van der Waals surface area contributed by atoms with E-state index in [1.165, 1.54) is 6.92 Å². The topological polar surface area (TPSA) is 300 Å². The molecular formula is C26H49N11O7. The van der Waals surface area contributed by atoms with E-state index in [-0.39, 0.29) is 51.5 Å². The first-order valence-electron chi connectivity index (χ1n) is 14.8. The van der Waals surface area contributed by atoms with Gasteiger partial charge in [0.1, 0.15) is 30.9 Å². The molecule has 0 aromatic carbocycles. The second-order valence-corrected chi connectivity index (χ2v) is 10.3. The Morgan fingerprint density at radius 2 is 1.39 bits per heavy atom. The van der Waals surface area contributed by atoms with Crippen LogP contribution in [0.25, 0.3) is 0 Å². The molecule has 250 valence electrons. The van der Waals surface area contributed by atoms with E-state index in [0.29, 0.717) is 38.8 Å². The molecule has 1 aliphatic rings. The van der Waals surface area contributed by atoms with Gasteiger partial charge in [0.15, 0.2) is 5.96 Å². The minimum Gasteiger partial charge on any atom is -0.370 e. The number of hydrogen-bond donors (Lipinski definition) is 10. The van der Waals surface area contributed by atoms with Crippen LogP contribution in [0.15, 0.2) is 4.99 Å². The molecule has 0 bridgehead atoms. The molecule has 18 heteroatoms. The number of amides is 6. The molecular weight excluding hydrogens is 578 g/mol. The standard InChI is InChI=1S/C26H49N11O7/c1-16-22(40)35-18(7-3-5-11-28)25(43)36-17(6-2-4-10-27)24(42)33-15-44-13-9-19(37-26(29)30)23(41)32-14-21(39)31-12-8-20(38)34-16/h16-19H,2-15,27-28H2,1H3,(H,31,39)(H,32,41)(H,33,42)(H,34,38)(H,35,40)(H,36,43)(H4,29,30,37)/t16-,17-,18-,19+/m0/s1. The van der Waals surface area contributed by atoms with Gasteiger partial charge in [-0.1, -0.05) is 0 Å². The van der Waals surface area contributed by atoms with Gasteiger partial charge in [0.2, 0.25) is 35.4 Å². The molecule has 1 fully saturated rings. The van der Waals surface area contributed by atoms with Crippen LogP contribution in [0.3, 0.4) is 0 Å². The van der Waals surface area contributed by atoms with E-state index in [4.69, 9.17) is 27.7 Å². The molecule has 4 atom stereocenters. The predicted octanol–water partition coefficient (Wildman–Crippen LogP) is -4.52. The number of guanidine groups is 1. The molecule has 0 spiro atoms. The maximum Gasteiger partial charge on any atom is 0.245 e. The molecule has 0 aromatic heterocycles. The second-order valence-electron chi connectivity index (χ2n) is 10.3. The summed E-state index contributed by atoms with van der Waals surface area (Å²) in [5.74, 6) is -3.77. The van der Waals surface area contributed by atoms with Crippen LogP contribution in [0.2, 0.25) is 0 Å². The van der Waals surface area contributed by atoms with Gasteiger partial charge < -0.3 is 59.6 Å². The smallest absolute Gasteiger partial charge is 0.245 e. The Morgan fingerprint density at radius 1 is 0.773 bits per heavy atom. The highest BCUT2D eigenvalue weighted by molar-refractivity contribution is 5.94. The van der Waals surface area contributed by atoms with Crippen molar-refractivity contribution in [3.63, 3.8) is 0 Å². The molecule has 14 N–H and O–H groups in total. The van der Waals surface area contributed by atoms with Crippen LogP contribution in [0, 0.1) is 0 Å².